The van der Waals surface area contributed by atoms with Crippen LogP contribution < -0.4 is 15.4 Å². The number of ether oxygens (including phenoxy) is 1. The fourth-order valence-corrected chi connectivity index (χ4v) is 3.98. The van der Waals surface area contributed by atoms with Crippen molar-refractivity contribution in [2.75, 3.05) is 32.1 Å². The molecule has 0 heterocycles. The summed E-state index contributed by atoms with van der Waals surface area (Å²) in [7, 11) is -2.25. The van der Waals surface area contributed by atoms with E-state index in [9.17, 15) is 18.0 Å². The van der Waals surface area contributed by atoms with Gasteiger partial charge in [-0.1, -0.05) is 29.3 Å². The zero-order valence-electron chi connectivity index (χ0n) is 16.1. The monoisotopic (exact) mass is 473 g/mol. The molecule has 0 aromatic heterocycles. The highest BCUT2D eigenvalue weighted by Gasteiger charge is 2.15. The lowest BCUT2D eigenvalue weighted by Gasteiger charge is -2.10. The summed E-state index contributed by atoms with van der Waals surface area (Å²) in [5.74, 6) is -0.775. The zero-order valence-corrected chi connectivity index (χ0v) is 18.4. The molecule has 11 heteroatoms. The van der Waals surface area contributed by atoms with Crippen LogP contribution in [0, 0.1) is 0 Å². The minimum absolute atomic E-state index is 0.0153. The maximum Gasteiger partial charge on any atom is 0.252 e. The zero-order chi connectivity index (χ0) is 22.1. The van der Waals surface area contributed by atoms with E-state index < -0.39 is 15.9 Å². The van der Waals surface area contributed by atoms with Gasteiger partial charge in [-0.05, 0) is 36.4 Å². The third-order valence-corrected chi connectivity index (χ3v) is 5.85. The molecule has 8 nitrogen and oxygen atoms in total. The predicted molar refractivity (Wildman–Crippen MR) is 116 cm³/mol. The van der Waals surface area contributed by atoms with Gasteiger partial charge < -0.3 is 15.4 Å². The SMILES string of the molecule is COCCNC(=O)c1ccc(NC(=O)CCNS(=O)(=O)c2cccc(Cl)c2)cc1Cl. The topological polar surface area (TPSA) is 114 Å². The van der Waals surface area contributed by atoms with Crippen LogP contribution in [0.15, 0.2) is 47.4 Å². The largest absolute Gasteiger partial charge is 0.383 e. The highest BCUT2D eigenvalue weighted by molar-refractivity contribution is 7.89. The fraction of sp³-hybridized carbons (Fsp3) is 0.263. The molecule has 0 fully saturated rings. The maximum absolute atomic E-state index is 12.2. The van der Waals surface area contributed by atoms with Crippen molar-refractivity contribution in [3.05, 3.63) is 58.1 Å². The summed E-state index contributed by atoms with van der Waals surface area (Å²) in [5.41, 5.74) is 0.649. The van der Waals surface area contributed by atoms with Crippen LogP contribution in [0.3, 0.4) is 0 Å². The Morgan fingerprint density at radius 1 is 1.07 bits per heavy atom. The summed E-state index contributed by atoms with van der Waals surface area (Å²) in [4.78, 5) is 24.1. The standard InChI is InChI=1S/C19H21Cl2N3O5S/c1-29-10-9-22-19(26)16-6-5-14(12-17(16)21)24-18(25)7-8-23-30(27,28)15-4-2-3-13(20)11-15/h2-6,11-12,23H,7-10H2,1H3,(H,22,26)(H,24,25). The summed E-state index contributed by atoms with van der Waals surface area (Å²) in [6.07, 6.45) is -0.101. The van der Waals surface area contributed by atoms with E-state index in [1.54, 1.807) is 6.07 Å². The van der Waals surface area contributed by atoms with Gasteiger partial charge >= 0.3 is 0 Å². The first-order valence-corrected chi connectivity index (χ1v) is 11.1. The molecule has 0 atom stereocenters. The van der Waals surface area contributed by atoms with Gasteiger partial charge in [0.05, 0.1) is 22.1 Å². The second-order valence-electron chi connectivity index (χ2n) is 6.10. The average Bonchev–Trinajstić information content (AvgIpc) is 2.68. The molecule has 3 N–H and O–H groups in total. The summed E-state index contributed by atoms with van der Waals surface area (Å²) in [6, 6.07) is 10.3. The van der Waals surface area contributed by atoms with E-state index in [0.717, 1.165) is 0 Å². The number of carbonyl (C=O) groups excluding carboxylic acids is 2. The molecule has 0 aliphatic carbocycles. The number of rotatable bonds is 10. The van der Waals surface area contributed by atoms with E-state index in [4.69, 9.17) is 27.9 Å². The molecule has 0 unspecified atom stereocenters. The highest BCUT2D eigenvalue weighted by Crippen LogP contribution is 2.21. The second kappa shape index (κ2) is 11.3. The molecule has 0 spiro atoms. The number of methoxy groups -OCH3 is 1. The van der Waals surface area contributed by atoms with Crippen LogP contribution in [-0.4, -0.2) is 47.0 Å². The van der Waals surface area contributed by atoms with Crippen LogP contribution in [0.1, 0.15) is 16.8 Å². The molecular weight excluding hydrogens is 453 g/mol. The molecule has 2 rings (SSSR count). The number of halogens is 2. The van der Waals surface area contributed by atoms with Gasteiger partial charge in [-0.25, -0.2) is 13.1 Å². The summed E-state index contributed by atoms with van der Waals surface area (Å²) in [5, 5.41) is 5.72. The number of benzene rings is 2. The van der Waals surface area contributed by atoms with Crippen LogP contribution in [0.5, 0.6) is 0 Å². The summed E-state index contributed by atoms with van der Waals surface area (Å²) in [6.45, 7) is 0.613. The molecule has 2 aromatic rings. The minimum atomic E-state index is -3.77. The minimum Gasteiger partial charge on any atom is -0.383 e. The number of anilines is 1. The number of carbonyl (C=O) groups is 2. The van der Waals surface area contributed by atoms with E-state index in [-0.39, 0.29) is 34.4 Å². The third kappa shape index (κ3) is 7.26. The maximum atomic E-state index is 12.2. The van der Waals surface area contributed by atoms with E-state index >= 15 is 0 Å². The van der Waals surface area contributed by atoms with Gasteiger partial charge in [-0.2, -0.15) is 0 Å². The van der Waals surface area contributed by atoms with E-state index in [2.05, 4.69) is 15.4 Å². The Morgan fingerprint density at radius 2 is 1.83 bits per heavy atom. The lowest BCUT2D eigenvalue weighted by atomic mass is 10.2. The van der Waals surface area contributed by atoms with Crippen molar-refractivity contribution in [2.24, 2.45) is 0 Å². The van der Waals surface area contributed by atoms with Crippen molar-refractivity contribution in [3.63, 3.8) is 0 Å². The summed E-state index contributed by atoms with van der Waals surface area (Å²) < 4.78 is 31.6. The van der Waals surface area contributed by atoms with Crippen molar-refractivity contribution in [3.8, 4) is 0 Å². The molecule has 2 aromatic carbocycles. The Hall–Kier alpha value is -2.17. The number of hydrogen-bond donors (Lipinski definition) is 3. The molecule has 0 aliphatic rings. The molecule has 0 saturated heterocycles. The van der Waals surface area contributed by atoms with Crippen LogP contribution >= 0.6 is 23.2 Å². The first-order chi connectivity index (χ1) is 14.2. The molecule has 2 amide bonds. The first-order valence-electron chi connectivity index (χ1n) is 8.84. The normalized spacial score (nSPS) is 11.2. The Balaban J connectivity index is 1.87. The van der Waals surface area contributed by atoms with Gasteiger partial charge in [-0.3, -0.25) is 9.59 Å². The van der Waals surface area contributed by atoms with Crippen molar-refractivity contribution < 1.29 is 22.7 Å². The van der Waals surface area contributed by atoms with Crippen molar-refractivity contribution in [1.29, 1.82) is 0 Å². The lowest BCUT2D eigenvalue weighted by molar-refractivity contribution is -0.116. The lowest BCUT2D eigenvalue weighted by Crippen LogP contribution is -2.28. The Bertz CT molecular complexity index is 1010. The van der Waals surface area contributed by atoms with Crippen LogP contribution in [0.25, 0.3) is 0 Å². The number of hydrogen-bond acceptors (Lipinski definition) is 5. The van der Waals surface area contributed by atoms with Gasteiger partial charge in [0, 0.05) is 37.3 Å². The number of nitrogens with one attached hydrogen (secondary N) is 3. The number of sulfonamides is 1. The highest BCUT2D eigenvalue weighted by atomic mass is 35.5. The van der Waals surface area contributed by atoms with Gasteiger partial charge in [-0.15, -0.1) is 0 Å². The van der Waals surface area contributed by atoms with Crippen LogP contribution in [0.2, 0.25) is 10.0 Å². The van der Waals surface area contributed by atoms with Gasteiger partial charge in [0.25, 0.3) is 5.91 Å². The quantitative estimate of drug-likeness (QED) is 0.459. The van der Waals surface area contributed by atoms with Gasteiger partial charge in [0.2, 0.25) is 15.9 Å². The van der Waals surface area contributed by atoms with Crippen LogP contribution in [-0.2, 0) is 19.6 Å². The Kier molecular flexibility index (Phi) is 9.07. The van der Waals surface area contributed by atoms with Crippen molar-refractivity contribution in [2.45, 2.75) is 11.3 Å². The van der Waals surface area contributed by atoms with Crippen LogP contribution in [0.4, 0.5) is 5.69 Å². The predicted octanol–water partition coefficient (Wildman–Crippen LogP) is 2.68. The molecule has 0 bridgehead atoms. The number of amides is 2. The third-order valence-electron chi connectivity index (χ3n) is 3.84. The Labute approximate surface area is 184 Å². The molecule has 162 valence electrons. The summed E-state index contributed by atoms with van der Waals surface area (Å²) >= 11 is 11.9. The van der Waals surface area contributed by atoms with E-state index in [1.165, 1.54) is 43.5 Å². The van der Waals surface area contributed by atoms with Gasteiger partial charge in [0.15, 0.2) is 0 Å². The molecule has 30 heavy (non-hydrogen) atoms. The average molecular weight is 474 g/mol. The van der Waals surface area contributed by atoms with E-state index in [1.807, 2.05) is 0 Å². The smallest absolute Gasteiger partial charge is 0.252 e. The molecule has 0 aliphatic heterocycles. The molecular formula is C19H21Cl2N3O5S. The first kappa shape index (κ1) is 24.1. The van der Waals surface area contributed by atoms with Crippen molar-refractivity contribution >= 4 is 50.7 Å². The second-order valence-corrected chi connectivity index (χ2v) is 8.71. The Morgan fingerprint density at radius 3 is 2.50 bits per heavy atom. The van der Waals surface area contributed by atoms with E-state index in [0.29, 0.717) is 23.9 Å². The molecule has 0 saturated carbocycles. The van der Waals surface area contributed by atoms with Gasteiger partial charge in [0.1, 0.15) is 0 Å². The fourth-order valence-electron chi connectivity index (χ4n) is 2.38. The molecule has 0 radical (unpaired) electrons. The van der Waals surface area contributed by atoms with Crippen molar-refractivity contribution in [1.82, 2.24) is 10.0 Å².